The average molecular weight is 191 g/mol. The summed E-state index contributed by atoms with van der Waals surface area (Å²) >= 11 is 0. The number of hydrogen-bond donors (Lipinski definition) is 0. The maximum atomic E-state index is 11.2. The Morgan fingerprint density at radius 1 is 1.36 bits per heavy atom. The molecule has 3 nitrogen and oxygen atoms in total. The predicted octanol–water partition coefficient (Wildman–Crippen LogP) is 1.71. The first-order valence-corrected chi connectivity index (χ1v) is 4.34. The van der Waals surface area contributed by atoms with Crippen LogP contribution in [0.1, 0.15) is 19.4 Å². The summed E-state index contributed by atoms with van der Waals surface area (Å²) in [6.07, 6.45) is 1.71. The van der Waals surface area contributed by atoms with Gasteiger partial charge in [0.1, 0.15) is 5.75 Å². The van der Waals surface area contributed by atoms with Gasteiger partial charge in [0.2, 0.25) is 6.29 Å². The summed E-state index contributed by atoms with van der Waals surface area (Å²) in [6, 6.07) is 6.51. The van der Waals surface area contributed by atoms with Crippen LogP contribution in [0.15, 0.2) is 24.3 Å². The number of benzene rings is 1. The third-order valence-electron chi connectivity index (χ3n) is 1.68. The molecule has 0 saturated carbocycles. The summed E-state index contributed by atoms with van der Waals surface area (Å²) < 4.78 is 5.00. The highest BCUT2D eigenvalue weighted by atomic mass is 16.5. The van der Waals surface area contributed by atoms with E-state index >= 15 is 0 Å². The molecule has 0 aromatic heterocycles. The number of para-hydroxylation sites is 1. The van der Waals surface area contributed by atoms with Crippen molar-refractivity contribution in [2.75, 3.05) is 0 Å². The van der Waals surface area contributed by atoms with Gasteiger partial charge in [-0.05, 0) is 12.1 Å². The largest absolute Gasteiger partial charge is 0.426 e. The lowest BCUT2D eigenvalue weighted by molar-refractivity contribution is -0.137. The summed E-state index contributed by atoms with van der Waals surface area (Å²) in [6.45, 7) is 3.46. The average Bonchev–Trinajstić information content (AvgIpc) is 2.18. The normalized spacial score (nSPS) is 9.93. The fourth-order valence-electron chi connectivity index (χ4n) is 0.866. The third-order valence-corrected chi connectivity index (χ3v) is 1.68. The van der Waals surface area contributed by atoms with E-state index < -0.39 is 0 Å². The maximum Gasteiger partial charge on any atom is 0.313 e. The van der Waals surface area contributed by atoms with E-state index in [1.54, 1.807) is 44.4 Å². The second-order valence-electron chi connectivity index (χ2n) is 3.17. The van der Waals surface area contributed by atoms with Crippen molar-refractivity contribution in [1.82, 2.24) is 0 Å². The minimum Gasteiger partial charge on any atom is -0.426 e. The molecule has 73 valence electrons. The summed E-state index contributed by atoms with van der Waals surface area (Å²) in [4.78, 5) is 21.7. The van der Waals surface area contributed by atoms with Crippen molar-refractivity contribution in [3.8, 4) is 5.75 Å². The van der Waals surface area contributed by atoms with E-state index in [-0.39, 0.29) is 23.2 Å². The van der Waals surface area contributed by atoms with Crippen LogP contribution < -0.4 is 4.74 Å². The Labute approximate surface area is 82.7 Å². The number of carbonyl (C=O) groups excluding carboxylic acids is 2. The second kappa shape index (κ2) is 4.56. The molecule has 1 aromatic carbocycles. The number of ether oxygens (including phenoxy) is 1. The molecular formula is C11H11O3. The molecule has 0 saturated heterocycles. The van der Waals surface area contributed by atoms with Gasteiger partial charge in [0.15, 0.2) is 0 Å². The van der Waals surface area contributed by atoms with Crippen LogP contribution in [0, 0.1) is 5.92 Å². The van der Waals surface area contributed by atoms with Crippen LogP contribution in [0.3, 0.4) is 0 Å². The summed E-state index contributed by atoms with van der Waals surface area (Å²) in [5.41, 5.74) is 0.265. The molecule has 1 aromatic rings. The van der Waals surface area contributed by atoms with Crippen LogP contribution in [0.25, 0.3) is 0 Å². The van der Waals surface area contributed by atoms with Gasteiger partial charge in [-0.1, -0.05) is 26.0 Å². The highest BCUT2D eigenvalue weighted by molar-refractivity contribution is 5.83. The number of hydrogen-bond acceptors (Lipinski definition) is 3. The Morgan fingerprint density at radius 2 is 2.00 bits per heavy atom. The molecule has 0 amide bonds. The molecule has 0 fully saturated rings. The quantitative estimate of drug-likeness (QED) is 0.539. The fourth-order valence-corrected chi connectivity index (χ4v) is 0.866. The van der Waals surface area contributed by atoms with Crippen LogP contribution in [0.2, 0.25) is 0 Å². The molecule has 0 N–H and O–H groups in total. The zero-order valence-corrected chi connectivity index (χ0v) is 8.11. The van der Waals surface area contributed by atoms with Gasteiger partial charge < -0.3 is 4.74 Å². The van der Waals surface area contributed by atoms with Crippen molar-refractivity contribution in [2.45, 2.75) is 13.8 Å². The highest BCUT2D eigenvalue weighted by Gasteiger charge is 2.11. The van der Waals surface area contributed by atoms with E-state index in [9.17, 15) is 9.59 Å². The zero-order valence-electron chi connectivity index (χ0n) is 8.11. The SMILES string of the molecule is CC(C)C(=O)Oc1ccccc1[C]=O. The number of carbonyl (C=O) groups is 1. The van der Waals surface area contributed by atoms with Gasteiger partial charge in [-0.3, -0.25) is 9.59 Å². The fraction of sp³-hybridized carbons (Fsp3) is 0.273. The zero-order chi connectivity index (χ0) is 10.6. The maximum absolute atomic E-state index is 11.2. The van der Waals surface area contributed by atoms with Gasteiger partial charge in [0, 0.05) is 0 Å². The molecule has 0 bridgehead atoms. The van der Waals surface area contributed by atoms with E-state index in [2.05, 4.69) is 0 Å². The molecule has 3 heteroatoms. The van der Waals surface area contributed by atoms with Gasteiger partial charge >= 0.3 is 5.97 Å². The van der Waals surface area contributed by atoms with Crippen molar-refractivity contribution in [2.24, 2.45) is 5.92 Å². The molecule has 0 aliphatic rings. The van der Waals surface area contributed by atoms with Crippen LogP contribution in [0.4, 0.5) is 0 Å². The molecule has 14 heavy (non-hydrogen) atoms. The lowest BCUT2D eigenvalue weighted by atomic mass is 10.2. The van der Waals surface area contributed by atoms with Gasteiger partial charge in [0.25, 0.3) is 0 Å². The molecule has 0 spiro atoms. The Balaban J connectivity index is 2.85. The standard InChI is InChI=1S/C11H11O3/c1-8(2)11(13)14-10-6-4-3-5-9(10)7-12/h3-6,8H,1-2H3. The molecule has 0 atom stereocenters. The van der Waals surface area contributed by atoms with Crippen LogP contribution in [-0.4, -0.2) is 12.3 Å². The molecule has 1 radical (unpaired) electrons. The minimum absolute atomic E-state index is 0.213. The van der Waals surface area contributed by atoms with Crippen LogP contribution >= 0.6 is 0 Å². The Morgan fingerprint density at radius 3 is 2.57 bits per heavy atom. The van der Waals surface area contributed by atoms with E-state index in [4.69, 9.17) is 4.74 Å². The summed E-state index contributed by atoms with van der Waals surface area (Å²) in [5, 5.41) is 0. The molecule has 0 unspecified atom stereocenters. The van der Waals surface area contributed by atoms with E-state index in [0.29, 0.717) is 0 Å². The Bertz CT molecular complexity index is 342. The first-order valence-electron chi connectivity index (χ1n) is 4.34. The topological polar surface area (TPSA) is 43.4 Å². The van der Waals surface area contributed by atoms with Crippen molar-refractivity contribution < 1.29 is 14.3 Å². The van der Waals surface area contributed by atoms with E-state index in [1.165, 1.54) is 0 Å². The predicted molar refractivity (Wildman–Crippen MR) is 51.7 cm³/mol. The molecule has 0 aliphatic carbocycles. The Hall–Kier alpha value is -1.64. The molecule has 1 rings (SSSR count). The molecule has 0 aliphatic heterocycles. The van der Waals surface area contributed by atoms with Crippen molar-refractivity contribution in [1.29, 1.82) is 0 Å². The number of esters is 1. The smallest absolute Gasteiger partial charge is 0.313 e. The number of rotatable bonds is 3. The second-order valence-corrected chi connectivity index (χ2v) is 3.17. The first-order chi connectivity index (χ1) is 6.65. The molecular weight excluding hydrogens is 180 g/mol. The van der Waals surface area contributed by atoms with Crippen molar-refractivity contribution in [3.05, 3.63) is 29.8 Å². The van der Waals surface area contributed by atoms with Gasteiger partial charge in [-0.2, -0.15) is 0 Å². The minimum atomic E-state index is -0.354. The van der Waals surface area contributed by atoms with Gasteiger partial charge in [-0.25, -0.2) is 0 Å². The summed E-state index contributed by atoms with van der Waals surface area (Å²) in [5.74, 6) is -0.302. The highest BCUT2D eigenvalue weighted by Crippen LogP contribution is 2.16. The first kappa shape index (κ1) is 10.4. The van der Waals surface area contributed by atoms with E-state index in [1.807, 2.05) is 0 Å². The third kappa shape index (κ3) is 2.42. The molecule has 0 heterocycles. The Kier molecular flexibility index (Phi) is 3.40. The van der Waals surface area contributed by atoms with Crippen molar-refractivity contribution >= 4 is 12.3 Å². The van der Waals surface area contributed by atoms with E-state index in [0.717, 1.165) is 0 Å². The van der Waals surface area contributed by atoms with Crippen molar-refractivity contribution in [3.63, 3.8) is 0 Å². The van der Waals surface area contributed by atoms with Gasteiger partial charge in [-0.15, -0.1) is 0 Å². The monoisotopic (exact) mass is 191 g/mol. The van der Waals surface area contributed by atoms with Crippen LogP contribution in [0.5, 0.6) is 5.75 Å². The lowest BCUT2D eigenvalue weighted by Crippen LogP contribution is -2.15. The van der Waals surface area contributed by atoms with Gasteiger partial charge in [0.05, 0.1) is 11.5 Å². The lowest BCUT2D eigenvalue weighted by Gasteiger charge is -2.07. The van der Waals surface area contributed by atoms with Crippen LogP contribution in [-0.2, 0) is 9.59 Å². The summed E-state index contributed by atoms with van der Waals surface area (Å²) in [7, 11) is 0.